The number of nitrogens with one attached hydrogen (secondary N) is 2. The van der Waals surface area contributed by atoms with Crippen molar-refractivity contribution in [2.45, 2.75) is 11.8 Å². The van der Waals surface area contributed by atoms with Gasteiger partial charge in [-0.25, -0.2) is 13.1 Å². The number of benzene rings is 1. The second-order valence-electron chi connectivity index (χ2n) is 3.77. The Balaban J connectivity index is 2.74. The number of amides is 1. The Kier molecular flexibility index (Phi) is 5.40. The lowest BCUT2D eigenvalue weighted by molar-refractivity contribution is -0.118. The highest BCUT2D eigenvalue weighted by Gasteiger charge is 2.14. The van der Waals surface area contributed by atoms with E-state index < -0.39 is 10.0 Å². The van der Waals surface area contributed by atoms with Gasteiger partial charge in [0.25, 0.3) is 0 Å². The number of sulfonamides is 1. The minimum absolute atomic E-state index is 0.0839. The molecule has 0 radical (unpaired) electrons. The van der Waals surface area contributed by atoms with Gasteiger partial charge < -0.3 is 11.1 Å². The number of thiocarbonyl (C=S) groups is 1. The van der Waals surface area contributed by atoms with Gasteiger partial charge in [-0.15, -0.1) is 0 Å². The van der Waals surface area contributed by atoms with Crippen LogP contribution in [0.2, 0.25) is 0 Å². The van der Waals surface area contributed by atoms with E-state index >= 15 is 0 Å². The molecule has 0 fully saturated rings. The third-order valence-electron chi connectivity index (χ3n) is 2.22. The normalized spacial score (nSPS) is 11.0. The first-order chi connectivity index (χ1) is 8.83. The van der Waals surface area contributed by atoms with Crippen LogP contribution in [-0.2, 0) is 14.8 Å². The molecule has 104 valence electrons. The summed E-state index contributed by atoms with van der Waals surface area (Å²) in [6, 6.07) is 6.06. The molecule has 4 N–H and O–H groups in total. The van der Waals surface area contributed by atoms with Gasteiger partial charge in [0.1, 0.15) is 4.99 Å². The first-order valence-corrected chi connectivity index (χ1v) is 7.36. The molecule has 0 aliphatic rings. The summed E-state index contributed by atoms with van der Waals surface area (Å²) >= 11 is 4.79. The molecule has 1 amide bonds. The number of carbonyl (C=O) groups excluding carboxylic acids is 1. The van der Waals surface area contributed by atoms with Gasteiger partial charge >= 0.3 is 0 Å². The van der Waals surface area contributed by atoms with Gasteiger partial charge in [-0.2, -0.15) is 0 Å². The van der Waals surface area contributed by atoms with Gasteiger partial charge in [-0.1, -0.05) is 24.4 Å². The van der Waals surface area contributed by atoms with Crippen LogP contribution in [0.3, 0.4) is 0 Å². The summed E-state index contributed by atoms with van der Waals surface area (Å²) in [5, 5.41) is 2.49. The summed E-state index contributed by atoms with van der Waals surface area (Å²) in [6.07, 6.45) is 0. The van der Waals surface area contributed by atoms with Gasteiger partial charge in [0.2, 0.25) is 15.9 Å². The fourth-order valence-electron chi connectivity index (χ4n) is 1.32. The number of hydrogen-bond donors (Lipinski definition) is 3. The summed E-state index contributed by atoms with van der Waals surface area (Å²) < 4.78 is 26.3. The number of hydrogen-bond acceptors (Lipinski definition) is 4. The minimum Gasteiger partial charge on any atom is -0.389 e. The fourth-order valence-corrected chi connectivity index (χ4v) is 2.53. The maximum absolute atomic E-state index is 11.9. The van der Waals surface area contributed by atoms with Crippen molar-refractivity contribution >= 4 is 33.1 Å². The van der Waals surface area contributed by atoms with Gasteiger partial charge in [0.05, 0.1) is 4.90 Å². The molecule has 0 aromatic heterocycles. The van der Waals surface area contributed by atoms with Crippen LogP contribution in [0.1, 0.15) is 12.5 Å². The van der Waals surface area contributed by atoms with Crippen LogP contribution in [0.4, 0.5) is 0 Å². The third-order valence-corrected chi connectivity index (χ3v) is 3.91. The average molecular weight is 301 g/mol. The molecule has 1 rings (SSSR count). The van der Waals surface area contributed by atoms with Crippen molar-refractivity contribution in [3.63, 3.8) is 0 Å². The lowest BCUT2D eigenvalue weighted by Crippen LogP contribution is -2.33. The number of nitrogens with two attached hydrogens (primary N) is 1. The maximum atomic E-state index is 11.9. The van der Waals surface area contributed by atoms with Crippen LogP contribution in [-0.4, -0.2) is 32.4 Å². The quantitative estimate of drug-likeness (QED) is 0.496. The van der Waals surface area contributed by atoms with E-state index in [9.17, 15) is 13.2 Å². The predicted molar refractivity (Wildman–Crippen MR) is 76.2 cm³/mol. The molecule has 19 heavy (non-hydrogen) atoms. The summed E-state index contributed by atoms with van der Waals surface area (Å²) in [5.74, 6) is -0.213. The monoisotopic (exact) mass is 301 g/mol. The molecular formula is C11H15N3O3S2. The van der Waals surface area contributed by atoms with Crippen molar-refractivity contribution < 1.29 is 13.2 Å². The predicted octanol–water partition coefficient (Wildman–Crippen LogP) is -0.265. The molecule has 0 aliphatic carbocycles. The zero-order valence-electron chi connectivity index (χ0n) is 10.3. The van der Waals surface area contributed by atoms with E-state index in [2.05, 4.69) is 10.0 Å². The van der Waals surface area contributed by atoms with E-state index in [4.69, 9.17) is 18.0 Å². The summed E-state index contributed by atoms with van der Waals surface area (Å²) in [7, 11) is -3.63. The lowest BCUT2D eigenvalue weighted by atomic mass is 10.2. The Morgan fingerprint density at radius 3 is 2.63 bits per heavy atom. The Morgan fingerprint density at radius 1 is 1.37 bits per heavy atom. The highest BCUT2D eigenvalue weighted by Crippen LogP contribution is 2.11. The molecule has 8 heteroatoms. The van der Waals surface area contributed by atoms with Crippen LogP contribution in [0.25, 0.3) is 0 Å². The SMILES string of the molecule is CC(=O)NCCNS(=O)(=O)c1cccc(C(N)=S)c1. The maximum Gasteiger partial charge on any atom is 0.240 e. The largest absolute Gasteiger partial charge is 0.389 e. The number of rotatable bonds is 6. The van der Waals surface area contributed by atoms with E-state index in [1.54, 1.807) is 12.1 Å². The smallest absolute Gasteiger partial charge is 0.240 e. The van der Waals surface area contributed by atoms with Gasteiger partial charge in [0, 0.05) is 25.6 Å². The Bertz CT molecular complexity index is 585. The zero-order valence-corrected chi connectivity index (χ0v) is 12.0. The fraction of sp³-hybridized carbons (Fsp3) is 0.273. The summed E-state index contributed by atoms with van der Waals surface area (Å²) in [4.78, 5) is 10.9. The highest BCUT2D eigenvalue weighted by molar-refractivity contribution is 7.89. The van der Waals surface area contributed by atoms with Crippen molar-refractivity contribution in [1.82, 2.24) is 10.0 Å². The molecular weight excluding hydrogens is 286 g/mol. The lowest BCUT2D eigenvalue weighted by Gasteiger charge is -2.08. The molecule has 0 unspecified atom stereocenters. The molecule has 0 saturated heterocycles. The van der Waals surface area contributed by atoms with Crippen molar-refractivity contribution in [1.29, 1.82) is 0 Å². The van der Waals surface area contributed by atoms with E-state index in [1.807, 2.05) is 0 Å². The molecule has 1 aromatic rings. The first-order valence-electron chi connectivity index (χ1n) is 5.47. The Labute approximate surface area is 117 Å². The van der Waals surface area contributed by atoms with Crippen molar-refractivity contribution in [2.24, 2.45) is 5.73 Å². The van der Waals surface area contributed by atoms with Gasteiger partial charge in [-0.05, 0) is 12.1 Å². The van der Waals surface area contributed by atoms with Crippen LogP contribution < -0.4 is 15.8 Å². The molecule has 0 bridgehead atoms. The van der Waals surface area contributed by atoms with Crippen molar-refractivity contribution in [3.05, 3.63) is 29.8 Å². The van der Waals surface area contributed by atoms with Crippen LogP contribution in [0.15, 0.2) is 29.2 Å². The molecule has 0 atom stereocenters. The zero-order chi connectivity index (χ0) is 14.5. The van der Waals surface area contributed by atoms with Crippen molar-refractivity contribution in [2.75, 3.05) is 13.1 Å². The van der Waals surface area contributed by atoms with E-state index in [0.29, 0.717) is 5.56 Å². The van der Waals surface area contributed by atoms with E-state index in [0.717, 1.165) is 0 Å². The van der Waals surface area contributed by atoms with Gasteiger partial charge in [0.15, 0.2) is 0 Å². The second kappa shape index (κ2) is 6.60. The number of carbonyl (C=O) groups is 1. The molecule has 0 aliphatic heterocycles. The molecule has 0 saturated carbocycles. The van der Waals surface area contributed by atoms with Crippen LogP contribution >= 0.6 is 12.2 Å². The summed E-state index contributed by atoms with van der Waals surface area (Å²) in [6.45, 7) is 1.70. The Hall–Kier alpha value is -1.51. The first kappa shape index (κ1) is 15.5. The van der Waals surface area contributed by atoms with Gasteiger partial charge in [-0.3, -0.25) is 4.79 Å². The molecule has 0 spiro atoms. The topological polar surface area (TPSA) is 101 Å². The molecule has 1 aromatic carbocycles. The van der Waals surface area contributed by atoms with E-state index in [1.165, 1.54) is 19.1 Å². The average Bonchev–Trinajstić information content (AvgIpc) is 2.34. The van der Waals surface area contributed by atoms with Crippen LogP contribution in [0, 0.1) is 0 Å². The highest BCUT2D eigenvalue weighted by atomic mass is 32.2. The molecule has 0 heterocycles. The second-order valence-corrected chi connectivity index (χ2v) is 5.98. The minimum atomic E-state index is -3.63. The summed E-state index contributed by atoms with van der Waals surface area (Å²) in [5.41, 5.74) is 5.94. The molecule has 6 nitrogen and oxygen atoms in total. The van der Waals surface area contributed by atoms with Crippen molar-refractivity contribution in [3.8, 4) is 0 Å². The standard InChI is InChI=1S/C11H15N3O3S2/c1-8(15)13-5-6-14-19(16,17)10-4-2-3-9(7-10)11(12)18/h2-4,7,14H,5-6H2,1H3,(H2,12,18)(H,13,15). The van der Waals surface area contributed by atoms with E-state index in [-0.39, 0.29) is 28.9 Å². The third kappa shape index (κ3) is 4.93. The van der Waals surface area contributed by atoms with Crippen LogP contribution in [0.5, 0.6) is 0 Å². The Morgan fingerprint density at radius 2 is 2.05 bits per heavy atom.